The van der Waals surface area contributed by atoms with Gasteiger partial charge in [-0.05, 0) is 63.1 Å². The van der Waals surface area contributed by atoms with E-state index in [0.29, 0.717) is 30.6 Å². The van der Waals surface area contributed by atoms with E-state index >= 15 is 0 Å². The van der Waals surface area contributed by atoms with Gasteiger partial charge in [-0.3, -0.25) is 4.79 Å². The number of aromatic nitrogens is 3. The van der Waals surface area contributed by atoms with Gasteiger partial charge in [-0.1, -0.05) is 17.3 Å². The molecule has 0 bridgehead atoms. The van der Waals surface area contributed by atoms with Crippen LogP contribution in [0.1, 0.15) is 64.7 Å². The van der Waals surface area contributed by atoms with Crippen molar-refractivity contribution in [3.63, 3.8) is 0 Å². The molecule has 0 atom stereocenters. The molecule has 2 aromatic heterocycles. The fraction of sp³-hybridized carbons (Fsp3) is 0.440. The number of methoxy groups -OCH3 is 1. The molecule has 1 saturated carbocycles. The summed E-state index contributed by atoms with van der Waals surface area (Å²) in [5.41, 5.74) is 4.57. The molecule has 168 valence electrons. The minimum Gasteiger partial charge on any atom is -0.380 e. The Bertz CT molecular complexity index is 1050. The van der Waals surface area contributed by atoms with E-state index in [1.54, 1.807) is 7.11 Å². The molecule has 4 rings (SSSR count). The highest BCUT2D eigenvalue weighted by atomic mass is 16.5. The number of hydrogen-bond acceptors (Lipinski definition) is 6. The third-order valence-electron chi connectivity index (χ3n) is 6.14. The Balaban J connectivity index is 1.34. The largest absolute Gasteiger partial charge is 0.380 e. The van der Waals surface area contributed by atoms with Crippen LogP contribution >= 0.6 is 0 Å². The number of nitrogens with zero attached hydrogens (tertiary/aromatic N) is 3. The Hall–Kier alpha value is -3.06. The maximum atomic E-state index is 12.5. The van der Waals surface area contributed by atoms with Gasteiger partial charge in [0.15, 0.2) is 5.76 Å². The second kappa shape index (κ2) is 10.0. The molecule has 1 N–H and O–H groups in total. The summed E-state index contributed by atoms with van der Waals surface area (Å²) < 4.78 is 10.6. The number of aryl methyl sites for hydroxylation is 2. The Morgan fingerprint density at radius 2 is 1.91 bits per heavy atom. The van der Waals surface area contributed by atoms with E-state index < -0.39 is 0 Å². The first-order valence-electron chi connectivity index (χ1n) is 11.2. The third-order valence-corrected chi connectivity index (χ3v) is 6.14. The van der Waals surface area contributed by atoms with E-state index in [-0.39, 0.29) is 5.91 Å². The highest BCUT2D eigenvalue weighted by molar-refractivity contribution is 5.94. The lowest BCUT2D eigenvalue weighted by atomic mass is 9.79. The van der Waals surface area contributed by atoms with Crippen molar-refractivity contribution in [3.8, 4) is 11.3 Å². The van der Waals surface area contributed by atoms with Crippen LogP contribution in [-0.4, -0.2) is 34.7 Å². The van der Waals surface area contributed by atoms with E-state index in [1.807, 2.05) is 50.4 Å². The minimum atomic E-state index is -0.0227. The van der Waals surface area contributed by atoms with Crippen LogP contribution in [0.2, 0.25) is 0 Å². The number of nitrogens with one attached hydrogen (secondary N) is 1. The van der Waals surface area contributed by atoms with Gasteiger partial charge in [-0.25, -0.2) is 9.97 Å². The molecule has 1 aromatic carbocycles. The molecular weight excluding hydrogens is 404 g/mol. The lowest BCUT2D eigenvalue weighted by Crippen LogP contribution is -2.31. The Morgan fingerprint density at radius 1 is 1.16 bits per heavy atom. The molecule has 1 amide bonds. The summed E-state index contributed by atoms with van der Waals surface area (Å²) in [4.78, 5) is 21.6. The van der Waals surface area contributed by atoms with Crippen molar-refractivity contribution < 1.29 is 14.1 Å². The van der Waals surface area contributed by atoms with E-state index in [2.05, 4.69) is 15.5 Å². The second-order valence-electron chi connectivity index (χ2n) is 8.61. The van der Waals surface area contributed by atoms with Crippen molar-refractivity contribution in [2.24, 2.45) is 5.92 Å². The summed E-state index contributed by atoms with van der Waals surface area (Å²) in [5, 5.41) is 7.12. The van der Waals surface area contributed by atoms with Crippen LogP contribution in [0.3, 0.4) is 0 Å². The van der Waals surface area contributed by atoms with Gasteiger partial charge in [0.05, 0.1) is 23.6 Å². The topological polar surface area (TPSA) is 90.1 Å². The van der Waals surface area contributed by atoms with Gasteiger partial charge in [-0.15, -0.1) is 0 Å². The number of carbonyl (C=O) groups excluding carboxylic acids is 1. The maximum absolute atomic E-state index is 12.5. The van der Waals surface area contributed by atoms with Crippen molar-refractivity contribution in [2.75, 3.05) is 13.7 Å². The van der Waals surface area contributed by atoms with Crippen LogP contribution in [0.5, 0.6) is 0 Å². The normalized spacial score (nSPS) is 18.5. The van der Waals surface area contributed by atoms with E-state index in [1.165, 1.54) is 0 Å². The summed E-state index contributed by atoms with van der Waals surface area (Å²) in [7, 11) is 1.66. The second-order valence-corrected chi connectivity index (χ2v) is 8.61. The summed E-state index contributed by atoms with van der Waals surface area (Å²) >= 11 is 0. The third kappa shape index (κ3) is 5.22. The van der Waals surface area contributed by atoms with Gasteiger partial charge in [0.2, 0.25) is 0 Å². The molecule has 0 radical (unpaired) electrons. The molecule has 2 heterocycles. The number of benzene rings is 1. The van der Waals surface area contributed by atoms with E-state index in [9.17, 15) is 4.79 Å². The van der Waals surface area contributed by atoms with E-state index in [0.717, 1.165) is 59.8 Å². The molecule has 1 aliphatic carbocycles. The van der Waals surface area contributed by atoms with Crippen LogP contribution in [0.4, 0.5) is 0 Å². The fourth-order valence-corrected chi connectivity index (χ4v) is 4.38. The van der Waals surface area contributed by atoms with Gasteiger partial charge < -0.3 is 14.6 Å². The molecule has 32 heavy (non-hydrogen) atoms. The van der Waals surface area contributed by atoms with Crippen LogP contribution < -0.4 is 5.32 Å². The van der Waals surface area contributed by atoms with Gasteiger partial charge >= 0.3 is 0 Å². The quantitative estimate of drug-likeness (QED) is 0.585. The zero-order chi connectivity index (χ0) is 22.5. The number of rotatable bonds is 7. The highest BCUT2D eigenvalue weighted by Gasteiger charge is 2.27. The highest BCUT2D eigenvalue weighted by Crippen LogP contribution is 2.38. The molecule has 0 spiro atoms. The van der Waals surface area contributed by atoms with Crippen molar-refractivity contribution >= 4 is 5.91 Å². The Labute approximate surface area is 188 Å². The molecule has 3 aromatic rings. The van der Waals surface area contributed by atoms with Crippen molar-refractivity contribution in [1.82, 2.24) is 20.4 Å². The molecular formula is C25H30N4O3. The van der Waals surface area contributed by atoms with Gasteiger partial charge in [0.25, 0.3) is 5.91 Å². The average Bonchev–Trinajstić information content (AvgIpc) is 3.24. The average molecular weight is 435 g/mol. The first-order valence-corrected chi connectivity index (χ1v) is 11.2. The Morgan fingerprint density at radius 3 is 2.56 bits per heavy atom. The molecule has 0 saturated heterocycles. The zero-order valence-electron chi connectivity index (χ0n) is 18.9. The fourth-order valence-electron chi connectivity index (χ4n) is 4.38. The van der Waals surface area contributed by atoms with E-state index in [4.69, 9.17) is 14.2 Å². The zero-order valence-corrected chi connectivity index (χ0v) is 18.9. The lowest BCUT2D eigenvalue weighted by molar-refractivity contribution is 0.0942. The van der Waals surface area contributed by atoms with Gasteiger partial charge in [0.1, 0.15) is 5.82 Å². The summed E-state index contributed by atoms with van der Waals surface area (Å²) in [6, 6.07) is 9.50. The number of ether oxygens (including phenoxy) is 1. The number of amides is 1. The lowest BCUT2D eigenvalue weighted by Gasteiger charge is -2.29. The maximum Gasteiger partial charge on any atom is 0.251 e. The van der Waals surface area contributed by atoms with Gasteiger partial charge in [-0.2, -0.15) is 0 Å². The molecule has 0 aliphatic heterocycles. The standard InChI is InChI=1S/C25H30N4O3/c1-16-12-23(32-29-16)22-14-26-17(2)28-24(22)20-8-4-18(5-9-20)13-27-25(30)21-10-6-19(7-11-21)15-31-3/h6-7,10-12,14,18,20H,4-5,8-9,13,15H2,1-3H3,(H,27,30). The SMILES string of the molecule is COCc1ccc(C(=O)NCC2CCC(c3nc(C)ncc3-c3cc(C)no3)CC2)cc1. The van der Waals surface area contributed by atoms with Crippen molar-refractivity contribution in [1.29, 1.82) is 0 Å². The van der Waals surface area contributed by atoms with Gasteiger partial charge in [0, 0.05) is 37.4 Å². The van der Waals surface area contributed by atoms with Crippen molar-refractivity contribution in [3.05, 3.63) is 64.9 Å². The van der Waals surface area contributed by atoms with Crippen LogP contribution in [0, 0.1) is 19.8 Å². The van der Waals surface area contributed by atoms with Crippen LogP contribution in [0.15, 0.2) is 41.1 Å². The monoisotopic (exact) mass is 434 g/mol. The summed E-state index contributed by atoms with van der Waals surface area (Å²) in [5.74, 6) is 2.30. The number of hydrogen-bond donors (Lipinski definition) is 1. The van der Waals surface area contributed by atoms with Crippen LogP contribution in [0.25, 0.3) is 11.3 Å². The molecule has 1 fully saturated rings. The van der Waals surface area contributed by atoms with Crippen LogP contribution in [-0.2, 0) is 11.3 Å². The first kappa shape index (κ1) is 22.1. The molecule has 0 unspecified atom stereocenters. The van der Waals surface area contributed by atoms with Crippen molar-refractivity contribution in [2.45, 2.75) is 52.1 Å². The molecule has 7 heteroatoms. The molecule has 1 aliphatic rings. The summed E-state index contributed by atoms with van der Waals surface area (Å²) in [6.07, 6.45) is 6.01. The predicted octanol–water partition coefficient (Wildman–Crippen LogP) is 4.60. The summed E-state index contributed by atoms with van der Waals surface area (Å²) in [6.45, 7) is 5.08. The number of carbonyl (C=O) groups is 1. The first-order chi connectivity index (χ1) is 15.5. The molecule has 7 nitrogen and oxygen atoms in total. The Kier molecular flexibility index (Phi) is 6.95. The smallest absolute Gasteiger partial charge is 0.251 e. The predicted molar refractivity (Wildman–Crippen MR) is 121 cm³/mol. The minimum absolute atomic E-state index is 0.0227.